The topological polar surface area (TPSA) is 154 Å². The van der Waals surface area contributed by atoms with Gasteiger partial charge in [-0.2, -0.15) is 0 Å². The molecule has 0 aliphatic rings. The van der Waals surface area contributed by atoms with Crippen molar-refractivity contribution in [1.29, 1.82) is 0 Å². The molecule has 0 aliphatic carbocycles. The van der Waals surface area contributed by atoms with E-state index in [2.05, 4.69) is 10.6 Å². The van der Waals surface area contributed by atoms with Crippen molar-refractivity contribution in [3.63, 3.8) is 0 Å². The third-order valence-electron chi connectivity index (χ3n) is 4.83. The average Bonchev–Trinajstić information content (AvgIpc) is 2.77. The second kappa shape index (κ2) is 11.4. The molecule has 10 nitrogen and oxygen atoms in total. The summed E-state index contributed by atoms with van der Waals surface area (Å²) in [6.45, 7) is 1.84. The Hall–Kier alpha value is -3.95. The molecular formula is C22H26N4O6. The van der Waals surface area contributed by atoms with E-state index in [1.807, 2.05) is 37.3 Å². The smallest absolute Gasteiger partial charge is 0.269 e. The maximum Gasteiger partial charge on any atom is 0.269 e. The predicted molar refractivity (Wildman–Crippen MR) is 117 cm³/mol. The van der Waals surface area contributed by atoms with Gasteiger partial charge < -0.3 is 21.1 Å². The Morgan fingerprint density at radius 2 is 1.69 bits per heavy atom. The van der Waals surface area contributed by atoms with E-state index in [4.69, 9.17) is 10.5 Å². The van der Waals surface area contributed by atoms with E-state index < -0.39 is 22.8 Å². The van der Waals surface area contributed by atoms with Gasteiger partial charge in [0, 0.05) is 37.0 Å². The molecule has 0 radical (unpaired) electrons. The number of carbonyl (C=O) groups is 3. The summed E-state index contributed by atoms with van der Waals surface area (Å²) >= 11 is 0. The van der Waals surface area contributed by atoms with Gasteiger partial charge in [-0.05, 0) is 18.6 Å². The Balaban J connectivity index is 1.95. The summed E-state index contributed by atoms with van der Waals surface area (Å²) in [5, 5.41) is 16.3. The number of ether oxygens (including phenoxy) is 1. The Kier molecular flexibility index (Phi) is 8.70. The fraction of sp³-hybridized carbons (Fsp3) is 0.318. The summed E-state index contributed by atoms with van der Waals surface area (Å²) < 4.78 is 5.18. The van der Waals surface area contributed by atoms with Crippen molar-refractivity contribution in [2.75, 3.05) is 7.11 Å². The fourth-order valence-electron chi connectivity index (χ4n) is 3.11. The number of nitro groups is 1. The molecule has 0 aromatic heterocycles. The summed E-state index contributed by atoms with van der Waals surface area (Å²) in [5.74, 6) is -1.34. The molecule has 2 atom stereocenters. The maximum absolute atomic E-state index is 12.3. The summed E-state index contributed by atoms with van der Waals surface area (Å²) in [6, 6.07) is 12.0. The molecule has 0 fully saturated rings. The van der Waals surface area contributed by atoms with Crippen molar-refractivity contribution in [3.05, 3.63) is 69.8 Å². The first-order chi connectivity index (χ1) is 15.2. The van der Waals surface area contributed by atoms with Crippen LogP contribution in [-0.2, 0) is 20.8 Å². The Labute approximate surface area is 185 Å². The summed E-state index contributed by atoms with van der Waals surface area (Å²) in [4.78, 5) is 46.8. The minimum absolute atomic E-state index is 0.0748. The van der Waals surface area contributed by atoms with E-state index >= 15 is 0 Å². The van der Waals surface area contributed by atoms with Gasteiger partial charge in [-0.1, -0.05) is 30.3 Å². The highest BCUT2D eigenvalue weighted by Gasteiger charge is 2.22. The number of nitrogens with one attached hydrogen (secondary N) is 2. The van der Waals surface area contributed by atoms with E-state index in [-0.39, 0.29) is 36.9 Å². The number of methoxy groups -OCH3 is 1. The molecule has 0 bridgehead atoms. The molecule has 170 valence electrons. The molecule has 2 aromatic carbocycles. The number of hydrogen-bond donors (Lipinski definition) is 3. The van der Waals surface area contributed by atoms with E-state index in [0.29, 0.717) is 11.3 Å². The number of hydrogen-bond acceptors (Lipinski definition) is 6. The molecule has 0 unspecified atom stereocenters. The van der Waals surface area contributed by atoms with E-state index in [0.717, 1.165) is 5.56 Å². The van der Waals surface area contributed by atoms with Gasteiger partial charge in [-0.3, -0.25) is 24.5 Å². The van der Waals surface area contributed by atoms with Crippen LogP contribution in [0.2, 0.25) is 0 Å². The van der Waals surface area contributed by atoms with E-state index in [9.17, 15) is 24.5 Å². The number of nitrogens with zero attached hydrogens (tertiary/aromatic N) is 1. The highest BCUT2D eigenvalue weighted by Crippen LogP contribution is 2.25. The van der Waals surface area contributed by atoms with Gasteiger partial charge in [0.2, 0.25) is 17.7 Å². The normalized spacial score (nSPS) is 12.3. The monoisotopic (exact) mass is 442 g/mol. The molecule has 0 saturated carbocycles. The summed E-state index contributed by atoms with van der Waals surface area (Å²) in [7, 11) is 1.39. The minimum atomic E-state index is -1.12. The quantitative estimate of drug-likeness (QED) is 0.356. The van der Waals surface area contributed by atoms with E-state index in [1.165, 1.54) is 25.3 Å². The molecule has 0 heterocycles. The van der Waals surface area contributed by atoms with Crippen LogP contribution < -0.4 is 21.1 Å². The van der Waals surface area contributed by atoms with Crippen LogP contribution in [0.1, 0.15) is 36.9 Å². The first-order valence-electron chi connectivity index (χ1n) is 9.95. The van der Waals surface area contributed by atoms with Crippen molar-refractivity contribution < 1.29 is 24.0 Å². The Morgan fingerprint density at radius 1 is 1.06 bits per heavy atom. The number of primary amides is 1. The lowest BCUT2D eigenvalue weighted by Crippen LogP contribution is -2.46. The van der Waals surface area contributed by atoms with Crippen molar-refractivity contribution in [1.82, 2.24) is 10.6 Å². The second-order valence-electron chi connectivity index (χ2n) is 7.18. The van der Waals surface area contributed by atoms with Crippen LogP contribution in [-0.4, -0.2) is 35.8 Å². The highest BCUT2D eigenvalue weighted by molar-refractivity contribution is 5.89. The van der Waals surface area contributed by atoms with Crippen molar-refractivity contribution in [2.24, 2.45) is 5.73 Å². The zero-order valence-electron chi connectivity index (χ0n) is 17.9. The van der Waals surface area contributed by atoms with Gasteiger partial charge in [-0.15, -0.1) is 0 Å². The van der Waals surface area contributed by atoms with Gasteiger partial charge >= 0.3 is 0 Å². The molecule has 0 spiro atoms. The maximum atomic E-state index is 12.3. The molecular weight excluding hydrogens is 416 g/mol. The number of benzene rings is 2. The molecule has 2 rings (SSSR count). The third kappa shape index (κ3) is 7.08. The number of rotatable bonds is 11. The minimum Gasteiger partial charge on any atom is -0.496 e. The van der Waals surface area contributed by atoms with E-state index in [1.54, 1.807) is 0 Å². The SMILES string of the molecule is COc1ccc([N+](=O)[O-])cc1C[C@H](NC(=O)CCC(=O)N[C@H](C)c1ccccc1)C(N)=O. The number of carbonyl (C=O) groups excluding carboxylic acids is 3. The number of non-ortho nitro benzene ring substituents is 1. The zero-order valence-corrected chi connectivity index (χ0v) is 17.9. The van der Waals surface area contributed by atoms with Crippen LogP contribution >= 0.6 is 0 Å². The second-order valence-corrected chi connectivity index (χ2v) is 7.18. The molecule has 10 heteroatoms. The first kappa shape index (κ1) is 24.3. The summed E-state index contributed by atoms with van der Waals surface area (Å²) in [6.07, 6.45) is -0.318. The lowest BCUT2D eigenvalue weighted by Gasteiger charge is -2.18. The van der Waals surface area contributed by atoms with Crippen LogP contribution in [0.4, 0.5) is 5.69 Å². The number of nitro benzene ring substituents is 1. The van der Waals surface area contributed by atoms with Gasteiger partial charge in [-0.25, -0.2) is 0 Å². The third-order valence-corrected chi connectivity index (χ3v) is 4.83. The average molecular weight is 442 g/mol. The summed E-state index contributed by atoms with van der Waals surface area (Å²) in [5.41, 5.74) is 6.50. The van der Waals surface area contributed by atoms with Crippen LogP contribution in [0.15, 0.2) is 48.5 Å². The Bertz CT molecular complexity index is 980. The van der Waals surface area contributed by atoms with Crippen molar-refractivity contribution in [2.45, 2.75) is 38.3 Å². The highest BCUT2D eigenvalue weighted by atomic mass is 16.6. The van der Waals surface area contributed by atoms with Crippen molar-refractivity contribution >= 4 is 23.4 Å². The molecule has 0 saturated heterocycles. The van der Waals surface area contributed by atoms with Crippen LogP contribution in [0.25, 0.3) is 0 Å². The molecule has 4 N–H and O–H groups in total. The lowest BCUT2D eigenvalue weighted by molar-refractivity contribution is -0.384. The van der Waals surface area contributed by atoms with Crippen LogP contribution in [0.3, 0.4) is 0 Å². The number of amides is 3. The molecule has 2 aromatic rings. The Morgan fingerprint density at radius 3 is 2.25 bits per heavy atom. The van der Waals surface area contributed by atoms with Crippen molar-refractivity contribution in [3.8, 4) is 5.75 Å². The zero-order chi connectivity index (χ0) is 23.7. The lowest BCUT2D eigenvalue weighted by atomic mass is 10.0. The number of nitrogens with two attached hydrogens (primary N) is 1. The fourth-order valence-corrected chi connectivity index (χ4v) is 3.11. The predicted octanol–water partition coefficient (Wildman–Crippen LogP) is 1.77. The standard InChI is InChI=1S/C22H26N4O6/c1-14(15-6-4-3-5-7-15)24-20(27)10-11-21(28)25-18(22(23)29)13-16-12-17(26(30)31)8-9-19(16)32-2/h3-9,12,14,18H,10-11,13H2,1-2H3,(H2,23,29)(H,24,27)(H,25,28)/t14-,18+/m1/s1. The van der Waals surface area contributed by atoms with Gasteiger partial charge in [0.05, 0.1) is 18.1 Å². The van der Waals surface area contributed by atoms with Crippen LogP contribution in [0, 0.1) is 10.1 Å². The van der Waals surface area contributed by atoms with Gasteiger partial charge in [0.15, 0.2) is 0 Å². The largest absolute Gasteiger partial charge is 0.496 e. The van der Waals surface area contributed by atoms with Crippen LogP contribution in [0.5, 0.6) is 5.75 Å². The van der Waals surface area contributed by atoms with Gasteiger partial charge in [0.1, 0.15) is 11.8 Å². The first-order valence-corrected chi connectivity index (χ1v) is 9.95. The molecule has 32 heavy (non-hydrogen) atoms. The van der Waals surface area contributed by atoms with Gasteiger partial charge in [0.25, 0.3) is 5.69 Å². The molecule has 3 amide bonds. The molecule has 0 aliphatic heterocycles.